The van der Waals surface area contributed by atoms with Gasteiger partial charge in [-0.3, -0.25) is 4.90 Å². The van der Waals surface area contributed by atoms with Gasteiger partial charge in [-0.25, -0.2) is 0 Å². The van der Waals surface area contributed by atoms with Crippen molar-refractivity contribution in [2.24, 2.45) is 0 Å². The summed E-state index contributed by atoms with van der Waals surface area (Å²) < 4.78 is 0. The Hall–Kier alpha value is -0.320. The van der Waals surface area contributed by atoms with Crippen molar-refractivity contribution in [1.82, 2.24) is 20.9 Å². The Balaban J connectivity index is 3.09. The smallest absolute Gasteiger partial charge is 0.0558 e. The predicted molar refractivity (Wildman–Crippen MR) is 94.0 cm³/mol. The van der Waals surface area contributed by atoms with Crippen molar-refractivity contribution in [3.05, 3.63) is 0 Å². The van der Waals surface area contributed by atoms with Crippen LogP contribution >= 0.6 is 0 Å². The number of hydrogen-bond donors (Lipinski definition) is 7. The van der Waals surface area contributed by atoms with Crippen molar-refractivity contribution in [3.8, 4) is 0 Å². The minimum Gasteiger partial charge on any atom is -0.396 e. The first kappa shape index (κ1) is 21.7. The van der Waals surface area contributed by atoms with E-state index in [0.717, 1.165) is 32.7 Å². The monoisotopic (exact) mass is 348 g/mol. The first-order valence-electron chi connectivity index (χ1n) is 9.08. The number of β-amino-alcohol motifs (C(OH)–C–C–N with tert-alkyl or cyclic N) is 1. The number of aliphatic hydroxyl groups is 4. The van der Waals surface area contributed by atoms with Crippen molar-refractivity contribution in [2.75, 3.05) is 72.2 Å². The molecule has 24 heavy (non-hydrogen) atoms. The lowest BCUT2D eigenvalue weighted by Gasteiger charge is -2.49. The summed E-state index contributed by atoms with van der Waals surface area (Å²) in [4.78, 5) is 2.16. The minimum atomic E-state index is -0.504. The molecule has 1 aliphatic rings. The van der Waals surface area contributed by atoms with Crippen LogP contribution in [0.25, 0.3) is 0 Å². The average Bonchev–Trinajstić information content (AvgIpc) is 2.57. The largest absolute Gasteiger partial charge is 0.396 e. The number of rotatable bonds is 8. The predicted octanol–water partition coefficient (Wildman–Crippen LogP) is -2.68. The Morgan fingerprint density at radius 2 is 1.42 bits per heavy atom. The molecule has 0 radical (unpaired) electrons. The number of nitrogens with zero attached hydrogens (tertiary/aromatic N) is 1. The molecule has 1 rings (SSSR count). The van der Waals surface area contributed by atoms with Crippen LogP contribution in [0.4, 0.5) is 0 Å². The standard InChI is InChI=1S/C16H36N4O4/c21-11-1-15-16(2-12-22,3-13-23)20(10-14-24)9-8-18-5-4-17-6-7-19-15/h15,17-19,21-24H,1-14H2. The first-order chi connectivity index (χ1) is 11.7. The SMILES string of the molecule is OCCC1NCCNCCNCCN(CCO)C1(CCO)CCO. The maximum absolute atomic E-state index is 9.68. The molecule has 0 spiro atoms. The van der Waals surface area contributed by atoms with Gasteiger partial charge in [0, 0.05) is 77.2 Å². The van der Waals surface area contributed by atoms with E-state index in [0.29, 0.717) is 32.4 Å². The van der Waals surface area contributed by atoms with Crippen molar-refractivity contribution in [2.45, 2.75) is 30.8 Å². The zero-order chi connectivity index (χ0) is 17.7. The van der Waals surface area contributed by atoms with Gasteiger partial charge in [-0.1, -0.05) is 0 Å². The fraction of sp³-hybridized carbons (Fsp3) is 1.00. The molecule has 0 bridgehead atoms. The molecule has 1 heterocycles. The summed E-state index contributed by atoms with van der Waals surface area (Å²) in [6.45, 7) is 5.34. The van der Waals surface area contributed by atoms with E-state index in [1.165, 1.54) is 0 Å². The van der Waals surface area contributed by atoms with Gasteiger partial charge in [-0.2, -0.15) is 0 Å². The van der Waals surface area contributed by atoms with E-state index in [-0.39, 0.29) is 32.5 Å². The van der Waals surface area contributed by atoms with E-state index in [1.54, 1.807) is 0 Å². The molecule has 8 heteroatoms. The fourth-order valence-electron chi connectivity index (χ4n) is 3.74. The van der Waals surface area contributed by atoms with E-state index in [9.17, 15) is 20.4 Å². The van der Waals surface area contributed by atoms with Crippen LogP contribution in [0.2, 0.25) is 0 Å². The molecule has 0 aromatic heterocycles. The van der Waals surface area contributed by atoms with Gasteiger partial charge in [0.2, 0.25) is 0 Å². The van der Waals surface area contributed by atoms with Crippen LogP contribution in [-0.4, -0.2) is 109 Å². The normalized spacial score (nSPS) is 24.2. The van der Waals surface area contributed by atoms with E-state index in [2.05, 4.69) is 20.9 Å². The van der Waals surface area contributed by atoms with Crippen molar-refractivity contribution in [3.63, 3.8) is 0 Å². The summed E-state index contributed by atoms with van der Waals surface area (Å²) >= 11 is 0. The second-order valence-corrected chi connectivity index (χ2v) is 6.28. The lowest BCUT2D eigenvalue weighted by Crippen LogP contribution is -2.64. The summed E-state index contributed by atoms with van der Waals surface area (Å²) in [7, 11) is 0. The van der Waals surface area contributed by atoms with E-state index in [4.69, 9.17) is 0 Å². The molecule has 1 fully saturated rings. The van der Waals surface area contributed by atoms with Crippen molar-refractivity contribution < 1.29 is 20.4 Å². The van der Waals surface area contributed by atoms with Crippen molar-refractivity contribution >= 4 is 0 Å². The third-order valence-corrected chi connectivity index (χ3v) is 4.89. The lowest BCUT2D eigenvalue weighted by molar-refractivity contribution is -0.00829. The molecule has 0 aromatic rings. The van der Waals surface area contributed by atoms with Gasteiger partial charge in [0.25, 0.3) is 0 Å². The topological polar surface area (TPSA) is 120 Å². The molecular weight excluding hydrogens is 312 g/mol. The van der Waals surface area contributed by atoms with Gasteiger partial charge in [0.05, 0.1) is 6.61 Å². The third kappa shape index (κ3) is 6.53. The maximum atomic E-state index is 9.68. The number of aliphatic hydroxyl groups excluding tert-OH is 4. The van der Waals surface area contributed by atoms with Crippen LogP contribution in [0.5, 0.6) is 0 Å². The van der Waals surface area contributed by atoms with E-state index < -0.39 is 5.54 Å². The van der Waals surface area contributed by atoms with Gasteiger partial charge < -0.3 is 36.4 Å². The van der Waals surface area contributed by atoms with Crippen LogP contribution in [0.1, 0.15) is 19.3 Å². The molecule has 1 saturated heterocycles. The summed E-state index contributed by atoms with van der Waals surface area (Å²) in [6, 6.07) is -0.0745. The number of hydrogen-bond acceptors (Lipinski definition) is 8. The van der Waals surface area contributed by atoms with Crippen LogP contribution in [0.3, 0.4) is 0 Å². The molecule has 0 amide bonds. The lowest BCUT2D eigenvalue weighted by atomic mass is 9.80. The summed E-state index contributed by atoms with van der Waals surface area (Å²) in [5.74, 6) is 0. The summed E-state index contributed by atoms with van der Waals surface area (Å²) in [5, 5.41) is 48.7. The Morgan fingerprint density at radius 3 is 2.00 bits per heavy atom. The van der Waals surface area contributed by atoms with Gasteiger partial charge >= 0.3 is 0 Å². The summed E-state index contributed by atoms with van der Waals surface area (Å²) in [6.07, 6.45) is 1.51. The molecule has 8 nitrogen and oxygen atoms in total. The minimum absolute atomic E-state index is 0.00276. The molecule has 0 aliphatic carbocycles. The highest BCUT2D eigenvalue weighted by Gasteiger charge is 2.42. The van der Waals surface area contributed by atoms with Gasteiger partial charge in [0.1, 0.15) is 0 Å². The molecule has 1 unspecified atom stereocenters. The number of nitrogens with one attached hydrogen (secondary N) is 3. The second kappa shape index (κ2) is 13.0. The second-order valence-electron chi connectivity index (χ2n) is 6.28. The fourth-order valence-corrected chi connectivity index (χ4v) is 3.74. The van der Waals surface area contributed by atoms with E-state index >= 15 is 0 Å². The quantitative estimate of drug-likeness (QED) is 0.253. The van der Waals surface area contributed by atoms with Crippen LogP contribution in [-0.2, 0) is 0 Å². The van der Waals surface area contributed by atoms with E-state index in [1.807, 2.05) is 0 Å². The molecular formula is C16H36N4O4. The Morgan fingerprint density at radius 1 is 0.792 bits per heavy atom. The Labute approximate surface area is 145 Å². The highest BCUT2D eigenvalue weighted by Crippen LogP contribution is 2.30. The van der Waals surface area contributed by atoms with Gasteiger partial charge in [0.15, 0.2) is 0 Å². The van der Waals surface area contributed by atoms with Crippen molar-refractivity contribution in [1.29, 1.82) is 0 Å². The highest BCUT2D eigenvalue weighted by molar-refractivity contribution is 5.01. The maximum Gasteiger partial charge on any atom is 0.0558 e. The molecule has 0 saturated carbocycles. The highest BCUT2D eigenvalue weighted by atomic mass is 16.3. The molecule has 1 atom stereocenters. The molecule has 1 aliphatic heterocycles. The zero-order valence-corrected chi connectivity index (χ0v) is 14.7. The zero-order valence-electron chi connectivity index (χ0n) is 14.7. The van der Waals surface area contributed by atoms with Crippen LogP contribution in [0.15, 0.2) is 0 Å². The molecule has 0 aromatic carbocycles. The third-order valence-electron chi connectivity index (χ3n) is 4.89. The Bertz CT molecular complexity index is 282. The van der Waals surface area contributed by atoms with Crippen LogP contribution in [0, 0.1) is 0 Å². The average molecular weight is 348 g/mol. The van der Waals surface area contributed by atoms with Gasteiger partial charge in [-0.05, 0) is 19.3 Å². The molecule has 144 valence electrons. The Kier molecular flexibility index (Phi) is 11.7. The first-order valence-corrected chi connectivity index (χ1v) is 9.08. The summed E-state index contributed by atoms with van der Waals surface area (Å²) in [5.41, 5.74) is -0.504. The van der Waals surface area contributed by atoms with Crippen LogP contribution < -0.4 is 16.0 Å². The molecule has 7 N–H and O–H groups in total. The van der Waals surface area contributed by atoms with Gasteiger partial charge in [-0.15, -0.1) is 0 Å².